The van der Waals surface area contributed by atoms with Gasteiger partial charge in [0.2, 0.25) is 5.89 Å². The van der Waals surface area contributed by atoms with Crippen molar-refractivity contribution in [3.05, 3.63) is 65.2 Å². The molecule has 0 radical (unpaired) electrons. The molecule has 0 saturated carbocycles. The molecule has 0 atom stereocenters. The van der Waals surface area contributed by atoms with Gasteiger partial charge in [0.05, 0.1) is 6.42 Å². The maximum Gasteiger partial charge on any atom is 0.322 e. The van der Waals surface area contributed by atoms with Gasteiger partial charge in [0.25, 0.3) is 5.91 Å². The maximum atomic E-state index is 12.3. The predicted molar refractivity (Wildman–Crippen MR) is 109 cm³/mol. The van der Waals surface area contributed by atoms with Crippen LogP contribution in [-0.2, 0) is 14.3 Å². The van der Waals surface area contributed by atoms with Crippen LogP contribution in [0, 0.1) is 13.8 Å². The van der Waals surface area contributed by atoms with Crippen LogP contribution in [0.5, 0.6) is 0 Å². The van der Waals surface area contributed by atoms with E-state index in [2.05, 4.69) is 15.5 Å². The molecule has 0 spiro atoms. The molecule has 1 amide bonds. The molecule has 154 valence electrons. The number of benzene rings is 2. The van der Waals surface area contributed by atoms with Crippen molar-refractivity contribution in [3.63, 3.8) is 0 Å². The third-order valence-corrected chi connectivity index (χ3v) is 4.31. The van der Waals surface area contributed by atoms with E-state index in [4.69, 9.17) is 9.15 Å². The topological polar surface area (TPSA) is 111 Å². The molecule has 0 bridgehead atoms. The summed E-state index contributed by atoms with van der Waals surface area (Å²) in [6, 6.07) is 14.6. The molecule has 8 nitrogen and oxygen atoms in total. The van der Waals surface area contributed by atoms with Crippen LogP contribution in [0.1, 0.15) is 34.3 Å². The zero-order chi connectivity index (χ0) is 21.5. The number of hydrogen-bond donors (Lipinski definition) is 1. The molecule has 1 heterocycles. The van der Waals surface area contributed by atoms with Crippen molar-refractivity contribution in [1.82, 2.24) is 10.2 Å². The van der Waals surface area contributed by atoms with Gasteiger partial charge in [0.15, 0.2) is 12.4 Å². The fourth-order valence-electron chi connectivity index (χ4n) is 2.73. The highest BCUT2D eigenvalue weighted by Crippen LogP contribution is 2.19. The summed E-state index contributed by atoms with van der Waals surface area (Å²) in [7, 11) is 0. The van der Waals surface area contributed by atoms with Crippen molar-refractivity contribution in [1.29, 1.82) is 0 Å². The highest BCUT2D eigenvalue weighted by atomic mass is 16.5. The van der Waals surface area contributed by atoms with Crippen LogP contribution < -0.4 is 5.32 Å². The third kappa shape index (κ3) is 5.60. The Morgan fingerprint density at radius 3 is 2.53 bits per heavy atom. The second-order valence-corrected chi connectivity index (χ2v) is 6.73. The number of ketones is 1. The Morgan fingerprint density at radius 1 is 1.00 bits per heavy atom. The van der Waals surface area contributed by atoms with Crippen molar-refractivity contribution < 1.29 is 23.5 Å². The van der Waals surface area contributed by atoms with Gasteiger partial charge < -0.3 is 9.15 Å². The summed E-state index contributed by atoms with van der Waals surface area (Å²) in [6.07, 6.45) is -0.104. The van der Waals surface area contributed by atoms with Gasteiger partial charge in [-0.2, -0.15) is 0 Å². The molecule has 3 rings (SSSR count). The lowest BCUT2D eigenvalue weighted by atomic mass is 9.99. The number of aryl methyl sites for hydroxylation is 2. The van der Waals surface area contributed by atoms with Gasteiger partial charge in [-0.05, 0) is 37.6 Å². The summed E-state index contributed by atoms with van der Waals surface area (Å²) >= 11 is 0. The van der Waals surface area contributed by atoms with Crippen LogP contribution in [0.4, 0.5) is 6.01 Å². The molecule has 1 aromatic heterocycles. The number of rotatable bonds is 8. The summed E-state index contributed by atoms with van der Waals surface area (Å²) in [5.41, 5.74) is 3.13. The van der Waals surface area contributed by atoms with Gasteiger partial charge >= 0.3 is 12.0 Å². The number of Topliss-reactive ketones (excluding diaryl/α,β-unsaturated/α-hetero) is 1. The number of aromatic nitrogens is 2. The molecule has 1 N–H and O–H groups in total. The van der Waals surface area contributed by atoms with E-state index in [9.17, 15) is 14.4 Å². The number of ether oxygens (including phenoxy) is 1. The van der Waals surface area contributed by atoms with Gasteiger partial charge in [0.1, 0.15) is 0 Å². The fourth-order valence-corrected chi connectivity index (χ4v) is 2.73. The molecule has 3 aromatic rings. The van der Waals surface area contributed by atoms with E-state index in [1.807, 2.05) is 44.2 Å². The van der Waals surface area contributed by atoms with E-state index >= 15 is 0 Å². The summed E-state index contributed by atoms with van der Waals surface area (Å²) in [5.74, 6) is -1.14. The standard InChI is InChI=1S/C22H21N3O5/c1-14-8-9-15(2)17(12-14)18(26)10-11-20(28)29-13-19(27)23-22-25-24-21(30-22)16-6-4-3-5-7-16/h3-9,12H,10-11,13H2,1-2H3,(H,23,25,27). The zero-order valence-corrected chi connectivity index (χ0v) is 16.7. The van der Waals surface area contributed by atoms with Crippen LogP contribution >= 0.6 is 0 Å². The number of anilines is 1. The number of esters is 1. The Balaban J connectivity index is 1.43. The quantitative estimate of drug-likeness (QED) is 0.449. The third-order valence-electron chi connectivity index (χ3n) is 4.31. The molecule has 0 saturated heterocycles. The highest BCUT2D eigenvalue weighted by Gasteiger charge is 2.15. The molecular weight excluding hydrogens is 386 g/mol. The Hall–Kier alpha value is -3.81. The molecule has 0 aliphatic rings. The summed E-state index contributed by atoms with van der Waals surface area (Å²) in [6.45, 7) is 3.23. The number of nitrogens with zero attached hydrogens (tertiary/aromatic N) is 2. The second kappa shape index (κ2) is 9.60. The van der Waals surface area contributed by atoms with Crippen molar-refractivity contribution in [2.45, 2.75) is 26.7 Å². The van der Waals surface area contributed by atoms with Crippen molar-refractivity contribution in [2.24, 2.45) is 0 Å². The van der Waals surface area contributed by atoms with Crippen LogP contribution in [0.15, 0.2) is 52.9 Å². The van der Waals surface area contributed by atoms with Gasteiger partial charge in [-0.3, -0.25) is 19.7 Å². The summed E-state index contributed by atoms with van der Waals surface area (Å²) < 4.78 is 10.3. The Labute approximate surface area is 173 Å². The minimum atomic E-state index is -0.640. The van der Waals surface area contributed by atoms with Crippen molar-refractivity contribution in [2.75, 3.05) is 11.9 Å². The first kappa shape index (κ1) is 20.9. The number of amides is 1. The van der Waals surface area contributed by atoms with E-state index in [0.717, 1.165) is 11.1 Å². The Morgan fingerprint density at radius 2 is 1.77 bits per heavy atom. The first-order chi connectivity index (χ1) is 14.4. The summed E-state index contributed by atoms with van der Waals surface area (Å²) in [4.78, 5) is 36.1. The fraction of sp³-hybridized carbons (Fsp3) is 0.227. The zero-order valence-electron chi connectivity index (χ0n) is 16.7. The normalized spacial score (nSPS) is 10.5. The van der Waals surface area contributed by atoms with Crippen LogP contribution in [0.2, 0.25) is 0 Å². The molecule has 0 aliphatic heterocycles. The number of nitrogens with one attached hydrogen (secondary N) is 1. The Kier molecular flexibility index (Phi) is 6.69. The molecule has 2 aromatic carbocycles. The molecule has 30 heavy (non-hydrogen) atoms. The Bertz CT molecular complexity index is 1060. The van der Waals surface area contributed by atoms with Crippen molar-refractivity contribution >= 4 is 23.7 Å². The summed E-state index contributed by atoms with van der Waals surface area (Å²) in [5, 5.41) is 9.95. The first-order valence-electron chi connectivity index (χ1n) is 9.37. The van der Waals surface area contributed by atoms with E-state index in [-0.39, 0.29) is 30.5 Å². The van der Waals surface area contributed by atoms with Gasteiger partial charge in [-0.25, -0.2) is 0 Å². The average molecular weight is 407 g/mol. The van der Waals surface area contributed by atoms with Crippen LogP contribution in [0.3, 0.4) is 0 Å². The number of carbonyl (C=O) groups is 3. The average Bonchev–Trinajstić information content (AvgIpc) is 3.21. The lowest BCUT2D eigenvalue weighted by molar-refractivity contribution is -0.147. The van der Waals surface area contributed by atoms with E-state index in [0.29, 0.717) is 11.1 Å². The second-order valence-electron chi connectivity index (χ2n) is 6.73. The number of hydrogen-bond acceptors (Lipinski definition) is 7. The van der Waals surface area contributed by atoms with Gasteiger partial charge in [0, 0.05) is 17.5 Å². The molecular formula is C22H21N3O5. The minimum absolute atomic E-state index is 0.00877. The van der Waals surface area contributed by atoms with Crippen LogP contribution in [-0.4, -0.2) is 34.5 Å². The van der Waals surface area contributed by atoms with E-state index < -0.39 is 18.5 Å². The van der Waals surface area contributed by atoms with Crippen LogP contribution in [0.25, 0.3) is 11.5 Å². The number of carbonyl (C=O) groups excluding carboxylic acids is 3. The first-order valence-corrected chi connectivity index (χ1v) is 9.37. The molecule has 0 unspecified atom stereocenters. The maximum absolute atomic E-state index is 12.3. The largest absolute Gasteiger partial charge is 0.456 e. The monoisotopic (exact) mass is 407 g/mol. The molecule has 0 fully saturated rings. The lowest BCUT2D eigenvalue weighted by Gasteiger charge is -2.07. The van der Waals surface area contributed by atoms with Crippen molar-refractivity contribution in [3.8, 4) is 11.5 Å². The highest BCUT2D eigenvalue weighted by molar-refractivity contribution is 5.99. The van der Waals surface area contributed by atoms with E-state index in [1.54, 1.807) is 18.2 Å². The van der Waals surface area contributed by atoms with E-state index in [1.165, 1.54) is 0 Å². The van der Waals surface area contributed by atoms with Gasteiger partial charge in [-0.1, -0.05) is 41.0 Å². The van der Waals surface area contributed by atoms with Gasteiger partial charge in [-0.15, -0.1) is 5.10 Å². The SMILES string of the molecule is Cc1ccc(C)c(C(=O)CCC(=O)OCC(=O)Nc2nnc(-c3ccccc3)o2)c1. The molecule has 8 heteroatoms. The lowest BCUT2D eigenvalue weighted by Crippen LogP contribution is -2.21. The smallest absolute Gasteiger partial charge is 0.322 e. The minimum Gasteiger partial charge on any atom is -0.456 e. The predicted octanol–water partition coefficient (Wildman–Crippen LogP) is 3.50. The molecule has 0 aliphatic carbocycles.